The molecule has 1 aliphatic heterocycles. The summed E-state index contributed by atoms with van der Waals surface area (Å²) < 4.78 is 10.7. The van der Waals surface area contributed by atoms with Gasteiger partial charge in [-0.2, -0.15) is 0 Å². The minimum Gasteiger partial charge on any atom is -0.454 e. The summed E-state index contributed by atoms with van der Waals surface area (Å²) >= 11 is 1.64. The van der Waals surface area contributed by atoms with Crippen LogP contribution in [-0.4, -0.2) is 16.8 Å². The maximum absolute atomic E-state index is 5.40. The Bertz CT molecular complexity index is 756. The highest BCUT2D eigenvalue weighted by molar-refractivity contribution is 7.18. The second kappa shape index (κ2) is 4.61. The van der Waals surface area contributed by atoms with Crippen molar-refractivity contribution in [3.8, 4) is 32.5 Å². The normalized spacial score (nSPS) is 12.6. The third kappa shape index (κ3) is 1.92. The number of aromatic nitrogens is 2. The van der Waals surface area contributed by atoms with Crippen LogP contribution in [0.3, 0.4) is 0 Å². The fourth-order valence-electron chi connectivity index (χ4n) is 2.08. The molecule has 20 heavy (non-hydrogen) atoms. The monoisotopic (exact) mass is 282 g/mol. The minimum atomic E-state index is 0.294. The van der Waals surface area contributed by atoms with Crippen LogP contribution in [0.1, 0.15) is 0 Å². The third-order valence-corrected chi connectivity index (χ3v) is 4.17. The summed E-state index contributed by atoms with van der Waals surface area (Å²) in [5, 5.41) is 0.964. The average molecular weight is 282 g/mol. The molecule has 0 amide bonds. The molecule has 0 aliphatic carbocycles. The predicted molar refractivity (Wildman–Crippen MR) is 76.9 cm³/mol. The first-order valence-corrected chi connectivity index (χ1v) is 6.98. The zero-order valence-corrected chi connectivity index (χ0v) is 11.3. The molecule has 5 heteroatoms. The van der Waals surface area contributed by atoms with E-state index in [2.05, 4.69) is 9.97 Å². The zero-order valence-electron chi connectivity index (χ0n) is 10.4. The Hall–Kier alpha value is -2.40. The molecule has 1 aromatic carbocycles. The van der Waals surface area contributed by atoms with Crippen LogP contribution < -0.4 is 9.47 Å². The predicted octanol–water partition coefficient (Wildman–Crippen LogP) is 3.60. The SMILES string of the molecule is c1cncc(-c2ncc(-c3ccc4c(c3)OCO4)s2)c1. The largest absolute Gasteiger partial charge is 0.454 e. The summed E-state index contributed by atoms with van der Waals surface area (Å²) in [7, 11) is 0. The van der Waals surface area contributed by atoms with E-state index in [1.165, 1.54) is 0 Å². The van der Waals surface area contributed by atoms with E-state index < -0.39 is 0 Å². The number of thiazole rings is 1. The summed E-state index contributed by atoms with van der Waals surface area (Å²) in [5.41, 5.74) is 2.12. The number of ether oxygens (including phenoxy) is 2. The molecule has 0 atom stereocenters. The number of nitrogens with zero attached hydrogens (tertiary/aromatic N) is 2. The molecule has 0 N–H and O–H groups in total. The van der Waals surface area contributed by atoms with Gasteiger partial charge in [0.2, 0.25) is 6.79 Å². The molecule has 3 heterocycles. The Morgan fingerprint density at radius 2 is 1.95 bits per heavy atom. The highest BCUT2D eigenvalue weighted by Gasteiger charge is 2.15. The van der Waals surface area contributed by atoms with Crippen molar-refractivity contribution < 1.29 is 9.47 Å². The first-order chi connectivity index (χ1) is 9.90. The van der Waals surface area contributed by atoms with Gasteiger partial charge in [0.1, 0.15) is 5.01 Å². The van der Waals surface area contributed by atoms with Gasteiger partial charge in [0, 0.05) is 24.2 Å². The highest BCUT2D eigenvalue weighted by Crippen LogP contribution is 2.38. The second-order valence-corrected chi connectivity index (χ2v) is 5.37. The second-order valence-electron chi connectivity index (χ2n) is 4.34. The zero-order chi connectivity index (χ0) is 13.4. The summed E-state index contributed by atoms with van der Waals surface area (Å²) in [5.74, 6) is 1.59. The van der Waals surface area contributed by atoms with Crippen molar-refractivity contribution in [2.24, 2.45) is 0 Å². The number of hydrogen-bond acceptors (Lipinski definition) is 5. The van der Waals surface area contributed by atoms with Crippen LogP contribution in [0.2, 0.25) is 0 Å². The number of pyridine rings is 1. The number of hydrogen-bond donors (Lipinski definition) is 0. The standard InChI is InChI=1S/C15H10N2O2S/c1-2-11(7-16-5-1)15-17-8-14(20-15)10-3-4-12-13(6-10)19-9-18-12/h1-8H,9H2. The van der Waals surface area contributed by atoms with Crippen molar-refractivity contribution in [1.29, 1.82) is 0 Å². The van der Waals surface area contributed by atoms with E-state index in [1.807, 2.05) is 42.7 Å². The van der Waals surface area contributed by atoms with Crippen molar-refractivity contribution in [1.82, 2.24) is 9.97 Å². The van der Waals surface area contributed by atoms with E-state index >= 15 is 0 Å². The molecule has 0 saturated carbocycles. The molecule has 4 rings (SSSR count). The van der Waals surface area contributed by atoms with Crippen molar-refractivity contribution in [3.63, 3.8) is 0 Å². The number of fused-ring (bicyclic) bond motifs is 1. The van der Waals surface area contributed by atoms with Gasteiger partial charge in [0.05, 0.1) is 4.88 Å². The van der Waals surface area contributed by atoms with Crippen LogP contribution in [0.25, 0.3) is 21.0 Å². The van der Waals surface area contributed by atoms with Crippen LogP contribution in [0.15, 0.2) is 48.9 Å². The Morgan fingerprint density at radius 1 is 1.00 bits per heavy atom. The lowest BCUT2D eigenvalue weighted by molar-refractivity contribution is 0.174. The molecule has 0 radical (unpaired) electrons. The molecule has 1 aliphatic rings. The van der Waals surface area contributed by atoms with Crippen LogP contribution in [0.4, 0.5) is 0 Å². The number of rotatable bonds is 2. The van der Waals surface area contributed by atoms with Crippen LogP contribution in [-0.2, 0) is 0 Å². The summed E-state index contributed by atoms with van der Waals surface area (Å²) in [6, 6.07) is 9.87. The van der Waals surface area contributed by atoms with Crippen LogP contribution >= 0.6 is 11.3 Å². The first kappa shape index (κ1) is 11.4. The maximum atomic E-state index is 5.40. The van der Waals surface area contributed by atoms with E-state index in [1.54, 1.807) is 17.5 Å². The molecule has 4 nitrogen and oxygen atoms in total. The van der Waals surface area contributed by atoms with Gasteiger partial charge in [-0.05, 0) is 35.9 Å². The molecule has 3 aromatic rings. The van der Waals surface area contributed by atoms with Gasteiger partial charge < -0.3 is 9.47 Å². The molecule has 0 fully saturated rings. The van der Waals surface area contributed by atoms with Crippen LogP contribution in [0, 0.1) is 0 Å². The molecule has 0 spiro atoms. The highest BCUT2D eigenvalue weighted by atomic mass is 32.1. The first-order valence-electron chi connectivity index (χ1n) is 6.16. The lowest BCUT2D eigenvalue weighted by atomic mass is 10.2. The van der Waals surface area contributed by atoms with E-state index in [-0.39, 0.29) is 0 Å². The fraction of sp³-hybridized carbons (Fsp3) is 0.0667. The fourth-order valence-corrected chi connectivity index (χ4v) is 2.98. The van der Waals surface area contributed by atoms with Gasteiger partial charge >= 0.3 is 0 Å². The molecule has 0 unspecified atom stereocenters. The number of benzene rings is 1. The van der Waals surface area contributed by atoms with E-state index in [0.717, 1.165) is 32.5 Å². The quantitative estimate of drug-likeness (QED) is 0.720. The summed E-state index contributed by atoms with van der Waals surface area (Å²) in [6.07, 6.45) is 5.46. The third-order valence-electron chi connectivity index (χ3n) is 3.07. The van der Waals surface area contributed by atoms with Crippen molar-refractivity contribution in [2.45, 2.75) is 0 Å². The molecular formula is C15H10N2O2S. The molecule has 98 valence electrons. The van der Waals surface area contributed by atoms with Gasteiger partial charge in [-0.3, -0.25) is 4.98 Å². The lowest BCUT2D eigenvalue weighted by Crippen LogP contribution is -1.92. The van der Waals surface area contributed by atoms with Crippen molar-refractivity contribution in [2.75, 3.05) is 6.79 Å². The topological polar surface area (TPSA) is 44.2 Å². The van der Waals surface area contributed by atoms with E-state index in [9.17, 15) is 0 Å². The summed E-state index contributed by atoms with van der Waals surface area (Å²) in [6.45, 7) is 0.294. The Labute approximate surface area is 119 Å². The summed E-state index contributed by atoms with van der Waals surface area (Å²) in [4.78, 5) is 9.68. The average Bonchev–Trinajstić information content (AvgIpc) is 3.16. The lowest BCUT2D eigenvalue weighted by Gasteiger charge is -1.99. The van der Waals surface area contributed by atoms with Gasteiger partial charge in [0.25, 0.3) is 0 Å². The maximum Gasteiger partial charge on any atom is 0.231 e. The van der Waals surface area contributed by atoms with Crippen LogP contribution in [0.5, 0.6) is 11.5 Å². The molecule has 2 aromatic heterocycles. The smallest absolute Gasteiger partial charge is 0.231 e. The van der Waals surface area contributed by atoms with Crippen molar-refractivity contribution >= 4 is 11.3 Å². The van der Waals surface area contributed by atoms with E-state index in [0.29, 0.717) is 6.79 Å². The van der Waals surface area contributed by atoms with Crippen molar-refractivity contribution in [3.05, 3.63) is 48.9 Å². The molecule has 0 saturated heterocycles. The van der Waals surface area contributed by atoms with Gasteiger partial charge in [-0.1, -0.05) is 0 Å². The minimum absolute atomic E-state index is 0.294. The molecular weight excluding hydrogens is 272 g/mol. The molecule has 0 bridgehead atoms. The Kier molecular flexibility index (Phi) is 2.63. The Morgan fingerprint density at radius 3 is 2.85 bits per heavy atom. The van der Waals surface area contributed by atoms with Gasteiger partial charge in [-0.25, -0.2) is 4.98 Å². The van der Waals surface area contributed by atoms with E-state index in [4.69, 9.17) is 9.47 Å². The van der Waals surface area contributed by atoms with Gasteiger partial charge in [-0.15, -0.1) is 11.3 Å². The van der Waals surface area contributed by atoms with Gasteiger partial charge in [0.15, 0.2) is 11.5 Å². The Balaban J connectivity index is 1.72.